The fourth-order valence-electron chi connectivity index (χ4n) is 5.90. The lowest BCUT2D eigenvalue weighted by atomic mass is 9.96. The van der Waals surface area contributed by atoms with Gasteiger partial charge in [-0.15, -0.1) is 0 Å². The zero-order chi connectivity index (χ0) is 27.7. The minimum Gasteiger partial charge on any atom is -0.496 e. The fraction of sp³-hybridized carbons (Fsp3) is 0.367. The van der Waals surface area contributed by atoms with Crippen molar-refractivity contribution in [2.45, 2.75) is 63.7 Å². The molecule has 5 rings (SSSR count). The molecule has 204 valence electrons. The summed E-state index contributed by atoms with van der Waals surface area (Å²) in [4.78, 5) is 32.8. The number of amides is 2. The Hall–Kier alpha value is -3.46. The smallest absolute Gasteiger partial charge is 0.253 e. The van der Waals surface area contributed by atoms with Gasteiger partial charge in [-0.2, -0.15) is 0 Å². The van der Waals surface area contributed by atoms with Crippen molar-refractivity contribution in [3.63, 3.8) is 0 Å². The number of nitrogens with one attached hydrogen (secondary N) is 2. The van der Waals surface area contributed by atoms with Crippen LogP contribution in [0.1, 0.15) is 70.5 Å². The van der Waals surface area contributed by atoms with E-state index in [0.717, 1.165) is 37.1 Å². The molecule has 3 heterocycles. The predicted molar refractivity (Wildman–Crippen MR) is 152 cm³/mol. The standard InChI is InChI=1S/C30H32BrFN4O3/c1-17-24(5-4-6-27(17)39-3)30(38)35-21-14-22-9-10-23(15-21)36(22)28-12-7-19(16-33-28)29(37)34-18(2)25-11-8-20(31)13-26(25)32/h4-8,11-13,16,18,21-23H,9-10,14-15H2,1-3H3,(H,34,37)(H,35,38)/t18?,21-,22+,23-. The van der Waals surface area contributed by atoms with E-state index >= 15 is 0 Å². The Morgan fingerprint density at radius 2 is 1.85 bits per heavy atom. The van der Waals surface area contributed by atoms with Crippen molar-refractivity contribution >= 4 is 33.6 Å². The maximum atomic E-state index is 14.3. The Morgan fingerprint density at radius 3 is 2.49 bits per heavy atom. The van der Waals surface area contributed by atoms with E-state index in [1.165, 1.54) is 6.07 Å². The number of aromatic nitrogens is 1. The number of hydrogen-bond donors (Lipinski definition) is 2. The lowest BCUT2D eigenvalue weighted by Gasteiger charge is -2.40. The molecule has 1 unspecified atom stereocenters. The topological polar surface area (TPSA) is 83.6 Å². The van der Waals surface area contributed by atoms with Crippen molar-refractivity contribution in [1.82, 2.24) is 15.6 Å². The number of ether oxygens (including phenoxy) is 1. The number of methoxy groups -OCH3 is 1. The summed E-state index contributed by atoms with van der Waals surface area (Å²) in [7, 11) is 1.61. The first-order valence-electron chi connectivity index (χ1n) is 13.2. The van der Waals surface area contributed by atoms with Crippen LogP contribution in [0.2, 0.25) is 0 Å². The summed E-state index contributed by atoms with van der Waals surface area (Å²) < 4.78 is 20.3. The van der Waals surface area contributed by atoms with E-state index in [4.69, 9.17) is 4.74 Å². The van der Waals surface area contributed by atoms with E-state index < -0.39 is 6.04 Å². The number of benzene rings is 2. The lowest BCUT2D eigenvalue weighted by molar-refractivity contribution is 0.0922. The average molecular weight is 596 g/mol. The Kier molecular flexibility index (Phi) is 7.88. The van der Waals surface area contributed by atoms with Gasteiger partial charge in [0.05, 0.1) is 18.7 Å². The van der Waals surface area contributed by atoms with Gasteiger partial charge in [-0.25, -0.2) is 9.37 Å². The summed E-state index contributed by atoms with van der Waals surface area (Å²) in [5.41, 5.74) is 2.31. The molecule has 0 saturated carbocycles. The molecular weight excluding hydrogens is 563 g/mol. The normalized spacial score (nSPS) is 20.8. The van der Waals surface area contributed by atoms with Crippen LogP contribution in [0.25, 0.3) is 0 Å². The van der Waals surface area contributed by atoms with Crippen LogP contribution in [-0.2, 0) is 0 Å². The van der Waals surface area contributed by atoms with E-state index in [9.17, 15) is 14.0 Å². The molecule has 2 amide bonds. The van der Waals surface area contributed by atoms with Crippen LogP contribution >= 0.6 is 15.9 Å². The highest BCUT2D eigenvalue weighted by molar-refractivity contribution is 9.10. The number of rotatable bonds is 7. The van der Waals surface area contributed by atoms with Crippen molar-refractivity contribution in [1.29, 1.82) is 0 Å². The van der Waals surface area contributed by atoms with Gasteiger partial charge in [0.1, 0.15) is 17.4 Å². The van der Waals surface area contributed by atoms with Gasteiger partial charge in [0, 0.05) is 45.5 Å². The molecule has 4 atom stereocenters. The van der Waals surface area contributed by atoms with E-state index in [0.29, 0.717) is 26.9 Å². The number of piperidine rings is 1. The maximum Gasteiger partial charge on any atom is 0.253 e. The number of anilines is 1. The Balaban J connectivity index is 1.21. The SMILES string of the molecule is COc1cccc(C(=O)N[C@H]2C[C@H]3CC[C@@H](C2)N3c2ccc(C(=O)NC(C)c3ccc(Br)cc3F)cn2)c1C. The van der Waals surface area contributed by atoms with E-state index in [-0.39, 0.29) is 35.8 Å². The number of halogens is 2. The number of carbonyl (C=O) groups excluding carboxylic acids is 2. The third-order valence-electron chi connectivity index (χ3n) is 7.87. The third kappa shape index (κ3) is 5.64. The molecule has 2 saturated heterocycles. The molecule has 0 spiro atoms. The summed E-state index contributed by atoms with van der Waals surface area (Å²) >= 11 is 3.25. The molecule has 2 aliphatic rings. The summed E-state index contributed by atoms with van der Waals surface area (Å²) in [6, 6.07) is 14.1. The second-order valence-electron chi connectivity index (χ2n) is 10.3. The highest BCUT2D eigenvalue weighted by Gasteiger charge is 2.42. The average Bonchev–Trinajstić information content (AvgIpc) is 3.18. The van der Waals surface area contributed by atoms with Gasteiger partial charge >= 0.3 is 0 Å². The van der Waals surface area contributed by atoms with Crippen LogP contribution in [0.15, 0.2) is 59.2 Å². The van der Waals surface area contributed by atoms with Gasteiger partial charge < -0.3 is 20.3 Å². The van der Waals surface area contributed by atoms with Gasteiger partial charge in [-0.05, 0) is 75.9 Å². The molecule has 9 heteroatoms. The predicted octanol–water partition coefficient (Wildman–Crippen LogP) is 5.72. The number of fused-ring (bicyclic) bond motifs is 2. The molecule has 2 N–H and O–H groups in total. The van der Waals surface area contributed by atoms with E-state index in [1.54, 1.807) is 38.4 Å². The number of hydrogen-bond acceptors (Lipinski definition) is 5. The Labute approximate surface area is 236 Å². The van der Waals surface area contributed by atoms with E-state index in [1.807, 2.05) is 31.2 Å². The van der Waals surface area contributed by atoms with Crippen LogP contribution < -0.4 is 20.3 Å². The van der Waals surface area contributed by atoms with Crippen LogP contribution in [0, 0.1) is 12.7 Å². The highest BCUT2D eigenvalue weighted by atomic mass is 79.9. The number of carbonyl (C=O) groups is 2. The molecule has 3 aromatic rings. The van der Waals surface area contributed by atoms with Crippen molar-refractivity contribution in [3.8, 4) is 5.75 Å². The largest absolute Gasteiger partial charge is 0.496 e. The highest BCUT2D eigenvalue weighted by Crippen LogP contribution is 2.38. The molecule has 2 aliphatic heterocycles. The zero-order valence-electron chi connectivity index (χ0n) is 22.2. The molecule has 2 fully saturated rings. The van der Waals surface area contributed by atoms with Gasteiger partial charge in [-0.1, -0.05) is 28.1 Å². The Bertz CT molecular complexity index is 1370. The molecule has 2 bridgehead atoms. The van der Waals surface area contributed by atoms with Crippen LogP contribution in [-0.4, -0.2) is 42.0 Å². The fourth-order valence-corrected chi connectivity index (χ4v) is 6.23. The minimum absolute atomic E-state index is 0.0741. The van der Waals surface area contributed by atoms with Crippen molar-refractivity contribution in [2.24, 2.45) is 0 Å². The molecule has 1 aromatic heterocycles. The first kappa shape index (κ1) is 27.1. The molecule has 7 nitrogen and oxygen atoms in total. The van der Waals surface area contributed by atoms with E-state index in [2.05, 4.69) is 36.4 Å². The van der Waals surface area contributed by atoms with Gasteiger partial charge in [0.25, 0.3) is 11.8 Å². The molecule has 0 radical (unpaired) electrons. The zero-order valence-corrected chi connectivity index (χ0v) is 23.8. The minimum atomic E-state index is -0.490. The van der Waals surface area contributed by atoms with Gasteiger partial charge in [0.2, 0.25) is 0 Å². The van der Waals surface area contributed by atoms with Crippen molar-refractivity contribution in [2.75, 3.05) is 12.0 Å². The molecular formula is C30H32BrFN4O3. The third-order valence-corrected chi connectivity index (χ3v) is 8.36. The molecule has 39 heavy (non-hydrogen) atoms. The lowest BCUT2D eigenvalue weighted by Crippen LogP contribution is -2.50. The maximum absolute atomic E-state index is 14.3. The molecule has 0 aliphatic carbocycles. The summed E-state index contributed by atoms with van der Waals surface area (Å²) in [6.07, 6.45) is 5.33. The van der Waals surface area contributed by atoms with Gasteiger partial charge in [-0.3, -0.25) is 9.59 Å². The Morgan fingerprint density at radius 1 is 1.10 bits per heavy atom. The number of nitrogens with zero attached hydrogens (tertiary/aromatic N) is 2. The van der Waals surface area contributed by atoms with Crippen LogP contribution in [0.4, 0.5) is 10.2 Å². The molecule has 2 aromatic carbocycles. The van der Waals surface area contributed by atoms with Crippen molar-refractivity contribution in [3.05, 3.63) is 87.3 Å². The second-order valence-corrected chi connectivity index (χ2v) is 11.2. The van der Waals surface area contributed by atoms with Crippen LogP contribution in [0.5, 0.6) is 5.75 Å². The number of pyridine rings is 1. The first-order valence-corrected chi connectivity index (χ1v) is 14.0. The summed E-state index contributed by atoms with van der Waals surface area (Å²) in [6.45, 7) is 3.65. The summed E-state index contributed by atoms with van der Waals surface area (Å²) in [5.74, 6) is 0.783. The second kappa shape index (κ2) is 11.3. The van der Waals surface area contributed by atoms with Crippen LogP contribution in [0.3, 0.4) is 0 Å². The summed E-state index contributed by atoms with van der Waals surface area (Å²) in [5, 5.41) is 6.09. The monoisotopic (exact) mass is 594 g/mol. The first-order chi connectivity index (χ1) is 18.7. The van der Waals surface area contributed by atoms with Gasteiger partial charge in [0.15, 0.2) is 0 Å². The quantitative estimate of drug-likeness (QED) is 0.365. The van der Waals surface area contributed by atoms with Crippen molar-refractivity contribution < 1.29 is 18.7 Å².